The second-order valence-electron chi connectivity index (χ2n) is 10.8. The number of carbonyl (C=O) groups is 2. The third-order valence-electron chi connectivity index (χ3n) is 7.50. The number of hydrogen-bond acceptors (Lipinski definition) is 6. The quantitative estimate of drug-likeness (QED) is 0.143. The molecule has 0 aliphatic heterocycles. The molecule has 10 nitrogen and oxygen atoms in total. The van der Waals surface area contributed by atoms with Gasteiger partial charge in [-0.1, -0.05) is 67.6 Å². The number of amides is 2. The molecule has 2 amide bonds. The fraction of sp³-hybridized carbons (Fsp3) is 0.235. The van der Waals surface area contributed by atoms with Crippen molar-refractivity contribution in [1.29, 1.82) is 0 Å². The molecule has 12 heteroatoms. The Labute approximate surface area is 267 Å². The SMILES string of the molecule is CC[C@@H](C)NC(=O)[C@H](Cc1ccccc1)N(Cc1ccc(F)cc1)C(=O)CN(c1ccc([N+](=O)[O-])cc1)S(=O)(=O)c1ccccc1. The molecule has 2 atom stereocenters. The summed E-state index contributed by atoms with van der Waals surface area (Å²) >= 11 is 0. The molecule has 0 saturated heterocycles. The number of hydrogen-bond donors (Lipinski definition) is 1. The van der Waals surface area contributed by atoms with Gasteiger partial charge in [0.05, 0.1) is 15.5 Å². The van der Waals surface area contributed by atoms with Crippen molar-refractivity contribution in [3.05, 3.63) is 136 Å². The van der Waals surface area contributed by atoms with Crippen LogP contribution in [-0.4, -0.2) is 48.7 Å². The highest BCUT2D eigenvalue weighted by molar-refractivity contribution is 7.92. The summed E-state index contributed by atoms with van der Waals surface area (Å²) in [6.45, 7) is 2.91. The molecule has 1 N–H and O–H groups in total. The minimum atomic E-state index is -4.36. The maximum atomic E-state index is 14.4. The second-order valence-corrected chi connectivity index (χ2v) is 12.6. The topological polar surface area (TPSA) is 130 Å². The van der Waals surface area contributed by atoms with E-state index in [0.29, 0.717) is 12.0 Å². The average Bonchev–Trinajstić information content (AvgIpc) is 3.06. The van der Waals surface area contributed by atoms with Crippen LogP contribution in [0.2, 0.25) is 0 Å². The van der Waals surface area contributed by atoms with E-state index in [1.165, 1.54) is 53.4 Å². The number of sulfonamides is 1. The van der Waals surface area contributed by atoms with Gasteiger partial charge in [-0.25, -0.2) is 12.8 Å². The van der Waals surface area contributed by atoms with E-state index in [9.17, 15) is 32.5 Å². The zero-order valence-electron chi connectivity index (χ0n) is 25.5. The normalized spacial score (nSPS) is 12.5. The van der Waals surface area contributed by atoms with Gasteiger partial charge in [-0.3, -0.25) is 24.0 Å². The lowest BCUT2D eigenvalue weighted by Crippen LogP contribution is -2.54. The maximum absolute atomic E-state index is 14.4. The molecule has 46 heavy (non-hydrogen) atoms. The molecule has 0 unspecified atom stereocenters. The van der Waals surface area contributed by atoms with Gasteiger partial charge in [-0.15, -0.1) is 0 Å². The fourth-order valence-corrected chi connectivity index (χ4v) is 6.21. The first-order valence-electron chi connectivity index (χ1n) is 14.7. The molecule has 240 valence electrons. The Morgan fingerprint density at radius 2 is 1.46 bits per heavy atom. The molecule has 4 rings (SSSR count). The summed E-state index contributed by atoms with van der Waals surface area (Å²) in [7, 11) is -4.36. The van der Waals surface area contributed by atoms with E-state index < -0.39 is 45.2 Å². The van der Waals surface area contributed by atoms with Crippen LogP contribution in [0.5, 0.6) is 0 Å². The molecule has 0 saturated carbocycles. The molecule has 0 radical (unpaired) electrons. The van der Waals surface area contributed by atoms with Gasteiger partial charge in [0.25, 0.3) is 15.7 Å². The van der Waals surface area contributed by atoms with Crippen LogP contribution >= 0.6 is 0 Å². The van der Waals surface area contributed by atoms with E-state index in [1.54, 1.807) is 18.2 Å². The predicted octanol–water partition coefficient (Wildman–Crippen LogP) is 5.48. The summed E-state index contributed by atoms with van der Waals surface area (Å²) in [5.74, 6) is -1.61. The largest absolute Gasteiger partial charge is 0.352 e. The minimum absolute atomic E-state index is 0.0215. The highest BCUT2D eigenvalue weighted by Gasteiger charge is 2.35. The van der Waals surface area contributed by atoms with Gasteiger partial charge < -0.3 is 10.2 Å². The lowest BCUT2D eigenvalue weighted by molar-refractivity contribution is -0.384. The summed E-state index contributed by atoms with van der Waals surface area (Å²) in [6.07, 6.45) is 0.762. The minimum Gasteiger partial charge on any atom is -0.352 e. The Balaban J connectivity index is 1.81. The van der Waals surface area contributed by atoms with Gasteiger partial charge >= 0.3 is 0 Å². The van der Waals surface area contributed by atoms with E-state index in [0.717, 1.165) is 22.0 Å². The Bertz CT molecular complexity index is 1740. The Kier molecular flexibility index (Phi) is 11.2. The summed E-state index contributed by atoms with van der Waals surface area (Å²) in [5, 5.41) is 14.3. The van der Waals surface area contributed by atoms with Crippen molar-refractivity contribution in [3.8, 4) is 0 Å². The molecular formula is C34H35FN4O6S. The first-order valence-corrected chi connectivity index (χ1v) is 16.1. The van der Waals surface area contributed by atoms with Gasteiger partial charge in [-0.2, -0.15) is 0 Å². The van der Waals surface area contributed by atoms with E-state index >= 15 is 0 Å². The molecule has 0 heterocycles. The van der Waals surface area contributed by atoms with E-state index in [1.807, 2.05) is 44.2 Å². The lowest BCUT2D eigenvalue weighted by Gasteiger charge is -2.34. The summed E-state index contributed by atoms with van der Waals surface area (Å²) in [5.41, 5.74) is 1.06. The number of benzene rings is 4. The molecule has 4 aromatic rings. The van der Waals surface area contributed by atoms with Gasteiger partial charge in [0.2, 0.25) is 11.8 Å². The second kappa shape index (κ2) is 15.3. The number of rotatable bonds is 14. The monoisotopic (exact) mass is 646 g/mol. The zero-order valence-corrected chi connectivity index (χ0v) is 26.3. The van der Waals surface area contributed by atoms with Gasteiger partial charge in [0, 0.05) is 31.1 Å². The molecule has 4 aromatic carbocycles. The standard InChI is InChI=1S/C34H35FN4O6S/c1-3-25(2)36-34(41)32(22-26-10-6-4-7-11-26)37(23-27-14-16-28(35)17-15-27)33(40)24-38(29-18-20-30(21-19-29)39(42)43)46(44,45)31-12-8-5-9-13-31/h4-21,25,32H,3,22-24H2,1-2H3,(H,36,41)/t25-,32+/m1/s1. The first-order chi connectivity index (χ1) is 22.0. The van der Waals surface area contributed by atoms with Crippen LogP contribution in [0.25, 0.3) is 0 Å². The van der Waals surface area contributed by atoms with Crippen LogP contribution < -0.4 is 9.62 Å². The van der Waals surface area contributed by atoms with Crippen molar-refractivity contribution in [1.82, 2.24) is 10.2 Å². The van der Waals surface area contributed by atoms with Gasteiger partial charge in [0.15, 0.2) is 0 Å². The molecular weight excluding hydrogens is 611 g/mol. The number of non-ortho nitro benzene ring substituents is 1. The van der Waals surface area contributed by atoms with E-state index in [-0.39, 0.29) is 35.3 Å². The maximum Gasteiger partial charge on any atom is 0.269 e. The number of nitrogens with zero attached hydrogens (tertiary/aromatic N) is 3. The van der Waals surface area contributed by atoms with Crippen molar-refractivity contribution in [3.63, 3.8) is 0 Å². The van der Waals surface area contributed by atoms with Crippen molar-refractivity contribution < 1.29 is 27.3 Å². The predicted molar refractivity (Wildman–Crippen MR) is 173 cm³/mol. The number of anilines is 1. The highest BCUT2D eigenvalue weighted by Crippen LogP contribution is 2.27. The van der Waals surface area contributed by atoms with Crippen LogP contribution in [0.15, 0.2) is 114 Å². The Hall–Kier alpha value is -5.10. The van der Waals surface area contributed by atoms with Gasteiger partial charge in [0.1, 0.15) is 18.4 Å². The summed E-state index contributed by atoms with van der Waals surface area (Å²) in [6, 6.07) is 25.6. The number of nitro groups is 1. The number of carbonyl (C=O) groups excluding carboxylic acids is 2. The van der Waals surface area contributed by atoms with Crippen LogP contribution in [-0.2, 0) is 32.6 Å². The molecule has 0 aliphatic carbocycles. The van der Waals surface area contributed by atoms with Crippen LogP contribution in [0.1, 0.15) is 31.4 Å². The zero-order chi connectivity index (χ0) is 33.3. The third-order valence-corrected chi connectivity index (χ3v) is 9.28. The average molecular weight is 647 g/mol. The molecule has 0 spiro atoms. The van der Waals surface area contributed by atoms with E-state index in [2.05, 4.69) is 5.32 Å². The van der Waals surface area contributed by atoms with Crippen LogP contribution in [0.4, 0.5) is 15.8 Å². The fourth-order valence-electron chi connectivity index (χ4n) is 4.77. The van der Waals surface area contributed by atoms with Crippen molar-refractivity contribution in [2.75, 3.05) is 10.8 Å². The van der Waals surface area contributed by atoms with Crippen molar-refractivity contribution in [2.24, 2.45) is 0 Å². The molecule has 0 aliphatic rings. The molecule has 0 aromatic heterocycles. The number of halogens is 1. The summed E-state index contributed by atoms with van der Waals surface area (Å²) in [4.78, 5) is 40.1. The number of nitrogens with one attached hydrogen (secondary N) is 1. The van der Waals surface area contributed by atoms with Gasteiger partial charge in [-0.05, 0) is 60.9 Å². The van der Waals surface area contributed by atoms with Crippen LogP contribution in [0.3, 0.4) is 0 Å². The first kappa shape index (κ1) is 33.8. The highest BCUT2D eigenvalue weighted by atomic mass is 32.2. The third kappa shape index (κ3) is 8.54. The summed E-state index contributed by atoms with van der Waals surface area (Å²) < 4.78 is 42.7. The smallest absolute Gasteiger partial charge is 0.269 e. The van der Waals surface area contributed by atoms with Crippen LogP contribution in [0, 0.1) is 15.9 Å². The molecule has 0 fully saturated rings. The Morgan fingerprint density at radius 3 is 2.02 bits per heavy atom. The lowest BCUT2D eigenvalue weighted by atomic mass is 10.0. The Morgan fingerprint density at radius 1 is 0.870 bits per heavy atom. The number of nitro benzene ring substituents is 1. The van der Waals surface area contributed by atoms with E-state index in [4.69, 9.17) is 0 Å². The van der Waals surface area contributed by atoms with Crippen molar-refractivity contribution in [2.45, 2.75) is 50.2 Å². The molecule has 0 bridgehead atoms. The van der Waals surface area contributed by atoms with Crippen molar-refractivity contribution >= 4 is 33.2 Å².